The van der Waals surface area contributed by atoms with Crippen LogP contribution in [0.1, 0.15) is 65.2 Å². The van der Waals surface area contributed by atoms with Gasteiger partial charge in [0.1, 0.15) is 0 Å². The SMILES string of the molecule is CC12CCC(=O)C=C1CCC1C2CCC2(C)C(O)CCC12.O. The van der Waals surface area contributed by atoms with Gasteiger partial charge in [-0.1, -0.05) is 19.4 Å². The lowest BCUT2D eigenvalue weighted by Crippen LogP contribution is -2.51. The molecular formula is C19H30O3. The highest BCUT2D eigenvalue weighted by molar-refractivity contribution is 5.91. The smallest absolute Gasteiger partial charge is 0.155 e. The van der Waals surface area contributed by atoms with E-state index in [-0.39, 0.29) is 22.4 Å². The quantitative estimate of drug-likeness (QED) is 0.747. The van der Waals surface area contributed by atoms with Gasteiger partial charge in [-0.25, -0.2) is 0 Å². The highest BCUT2D eigenvalue weighted by atomic mass is 16.3. The van der Waals surface area contributed by atoms with Crippen molar-refractivity contribution in [2.45, 2.75) is 71.3 Å². The lowest BCUT2D eigenvalue weighted by molar-refractivity contribution is -0.118. The molecule has 0 aliphatic heterocycles. The molecule has 0 spiro atoms. The molecule has 0 aromatic heterocycles. The summed E-state index contributed by atoms with van der Waals surface area (Å²) in [5.41, 5.74) is 1.89. The molecule has 22 heavy (non-hydrogen) atoms. The number of fused-ring (bicyclic) bond motifs is 5. The molecule has 0 aromatic carbocycles. The van der Waals surface area contributed by atoms with Crippen molar-refractivity contribution >= 4 is 5.78 Å². The summed E-state index contributed by atoms with van der Waals surface area (Å²) < 4.78 is 0. The first kappa shape index (κ1) is 16.2. The van der Waals surface area contributed by atoms with Crippen molar-refractivity contribution in [2.24, 2.45) is 28.6 Å². The Kier molecular flexibility index (Phi) is 3.81. The number of allylic oxidation sites excluding steroid dienone is 1. The number of ketones is 1. The molecule has 3 nitrogen and oxygen atoms in total. The average Bonchev–Trinajstić information content (AvgIpc) is 2.76. The van der Waals surface area contributed by atoms with Gasteiger partial charge < -0.3 is 10.6 Å². The van der Waals surface area contributed by atoms with Crippen molar-refractivity contribution in [2.75, 3.05) is 0 Å². The number of aliphatic hydroxyl groups is 1. The van der Waals surface area contributed by atoms with Crippen LogP contribution in [0, 0.1) is 28.6 Å². The molecule has 0 radical (unpaired) electrons. The summed E-state index contributed by atoms with van der Waals surface area (Å²) in [5, 5.41) is 10.4. The highest BCUT2D eigenvalue weighted by Crippen LogP contribution is 2.65. The fraction of sp³-hybridized carbons (Fsp3) is 0.842. The van der Waals surface area contributed by atoms with Crippen molar-refractivity contribution < 1.29 is 15.4 Å². The van der Waals surface area contributed by atoms with Gasteiger partial charge >= 0.3 is 0 Å². The van der Waals surface area contributed by atoms with Crippen LogP contribution in [-0.4, -0.2) is 22.5 Å². The third-order valence-electron chi connectivity index (χ3n) is 7.91. The molecule has 124 valence electrons. The van der Waals surface area contributed by atoms with Gasteiger partial charge in [0.05, 0.1) is 6.10 Å². The molecular weight excluding hydrogens is 276 g/mol. The summed E-state index contributed by atoms with van der Waals surface area (Å²) in [5.74, 6) is 2.57. The molecule has 0 aromatic rings. The Morgan fingerprint density at radius 3 is 2.59 bits per heavy atom. The standard InChI is InChI=1S/C19H28O2.H2O/c1-18-9-7-13(20)11-12(18)3-4-14-15-5-6-17(21)19(15,2)10-8-16(14)18;/h11,14-17,21H,3-10H2,1-2H3;1H2. The van der Waals surface area contributed by atoms with Crippen LogP contribution in [0.4, 0.5) is 0 Å². The molecule has 3 N–H and O–H groups in total. The lowest BCUT2D eigenvalue weighted by atomic mass is 9.47. The maximum absolute atomic E-state index is 11.8. The molecule has 0 heterocycles. The number of rotatable bonds is 0. The van der Waals surface area contributed by atoms with E-state index in [1.807, 2.05) is 6.08 Å². The molecule has 0 bridgehead atoms. The predicted octanol–water partition coefficient (Wildman–Crippen LogP) is 3.05. The second-order valence-corrected chi connectivity index (χ2v) is 8.61. The number of hydrogen-bond donors (Lipinski definition) is 1. The van der Waals surface area contributed by atoms with Crippen LogP contribution in [0.25, 0.3) is 0 Å². The molecule has 6 atom stereocenters. The molecule has 6 unspecified atom stereocenters. The van der Waals surface area contributed by atoms with E-state index >= 15 is 0 Å². The van der Waals surface area contributed by atoms with Crippen LogP contribution in [0.2, 0.25) is 0 Å². The highest BCUT2D eigenvalue weighted by Gasteiger charge is 2.58. The first-order valence-electron chi connectivity index (χ1n) is 8.87. The normalized spacial score (nSPS) is 50.3. The maximum atomic E-state index is 11.8. The Morgan fingerprint density at radius 2 is 1.82 bits per heavy atom. The van der Waals surface area contributed by atoms with Gasteiger partial charge in [0.25, 0.3) is 0 Å². The fourth-order valence-corrected chi connectivity index (χ4v) is 6.53. The van der Waals surface area contributed by atoms with Gasteiger partial charge in [-0.05, 0) is 79.6 Å². The first-order chi connectivity index (χ1) is 9.95. The molecule has 4 aliphatic rings. The Labute approximate surface area is 133 Å². The molecule has 3 heteroatoms. The van der Waals surface area contributed by atoms with Gasteiger partial charge in [-0.2, -0.15) is 0 Å². The first-order valence-corrected chi connectivity index (χ1v) is 8.87. The summed E-state index contributed by atoms with van der Waals surface area (Å²) in [4.78, 5) is 11.8. The van der Waals surface area contributed by atoms with Crippen molar-refractivity contribution in [3.05, 3.63) is 11.6 Å². The van der Waals surface area contributed by atoms with Gasteiger partial charge in [0.15, 0.2) is 5.78 Å². The summed E-state index contributed by atoms with van der Waals surface area (Å²) in [7, 11) is 0. The van der Waals surface area contributed by atoms with Crippen molar-refractivity contribution in [1.82, 2.24) is 0 Å². The maximum Gasteiger partial charge on any atom is 0.155 e. The zero-order valence-electron chi connectivity index (χ0n) is 13.9. The Hall–Kier alpha value is -0.670. The molecule has 4 rings (SSSR count). The summed E-state index contributed by atoms with van der Waals surface area (Å²) >= 11 is 0. The van der Waals surface area contributed by atoms with Crippen LogP contribution < -0.4 is 0 Å². The number of aliphatic hydroxyl groups excluding tert-OH is 1. The Bertz CT molecular complexity index is 511. The van der Waals surface area contributed by atoms with Crippen molar-refractivity contribution in [1.29, 1.82) is 0 Å². The zero-order chi connectivity index (χ0) is 14.8. The Balaban J connectivity index is 0.00000144. The number of hydrogen-bond acceptors (Lipinski definition) is 2. The van der Waals surface area contributed by atoms with Crippen LogP contribution >= 0.6 is 0 Å². The summed E-state index contributed by atoms with van der Waals surface area (Å²) in [6.45, 7) is 4.76. The molecule has 3 fully saturated rings. The molecule has 4 aliphatic carbocycles. The Morgan fingerprint density at radius 1 is 1.05 bits per heavy atom. The zero-order valence-corrected chi connectivity index (χ0v) is 13.9. The third kappa shape index (κ3) is 1.98. The van der Waals surface area contributed by atoms with Crippen molar-refractivity contribution in [3.8, 4) is 0 Å². The van der Waals surface area contributed by atoms with Gasteiger partial charge in [0, 0.05) is 6.42 Å². The second-order valence-electron chi connectivity index (χ2n) is 8.61. The van der Waals surface area contributed by atoms with E-state index in [1.54, 1.807) is 0 Å². The van der Waals surface area contributed by atoms with Crippen LogP contribution in [0.15, 0.2) is 11.6 Å². The van der Waals surface area contributed by atoms with E-state index in [2.05, 4.69) is 13.8 Å². The molecule has 3 saturated carbocycles. The predicted molar refractivity (Wildman–Crippen MR) is 86.3 cm³/mol. The van der Waals surface area contributed by atoms with E-state index in [0.717, 1.165) is 37.5 Å². The van der Waals surface area contributed by atoms with E-state index in [9.17, 15) is 9.90 Å². The van der Waals surface area contributed by atoms with Crippen LogP contribution in [0.5, 0.6) is 0 Å². The van der Waals surface area contributed by atoms with E-state index in [0.29, 0.717) is 11.7 Å². The van der Waals surface area contributed by atoms with Crippen LogP contribution in [0.3, 0.4) is 0 Å². The number of carbonyl (C=O) groups excluding carboxylic acids is 1. The lowest BCUT2D eigenvalue weighted by Gasteiger charge is -2.57. The number of carbonyl (C=O) groups is 1. The topological polar surface area (TPSA) is 68.8 Å². The molecule has 0 saturated heterocycles. The van der Waals surface area contributed by atoms with Crippen LogP contribution in [-0.2, 0) is 4.79 Å². The average molecular weight is 306 g/mol. The summed E-state index contributed by atoms with van der Waals surface area (Å²) in [6, 6.07) is 0. The van der Waals surface area contributed by atoms with Crippen molar-refractivity contribution in [3.63, 3.8) is 0 Å². The second kappa shape index (κ2) is 5.17. The minimum atomic E-state index is -0.0823. The van der Waals surface area contributed by atoms with E-state index in [4.69, 9.17) is 0 Å². The monoisotopic (exact) mass is 306 g/mol. The minimum Gasteiger partial charge on any atom is -0.412 e. The molecule has 0 amide bonds. The van der Waals surface area contributed by atoms with Gasteiger partial charge in [-0.3, -0.25) is 4.79 Å². The minimum absolute atomic E-state index is 0. The van der Waals surface area contributed by atoms with Gasteiger partial charge in [-0.15, -0.1) is 0 Å². The fourth-order valence-electron chi connectivity index (χ4n) is 6.53. The third-order valence-corrected chi connectivity index (χ3v) is 7.91. The van der Waals surface area contributed by atoms with Gasteiger partial charge in [0.2, 0.25) is 0 Å². The summed E-state index contributed by atoms with van der Waals surface area (Å²) in [6.07, 6.45) is 10.7. The van der Waals surface area contributed by atoms with E-state index < -0.39 is 0 Å². The largest absolute Gasteiger partial charge is 0.412 e. The van der Waals surface area contributed by atoms with E-state index in [1.165, 1.54) is 31.3 Å².